The van der Waals surface area contributed by atoms with Gasteiger partial charge in [0.25, 0.3) is 5.91 Å². The number of aliphatic hydroxyl groups is 1. The summed E-state index contributed by atoms with van der Waals surface area (Å²) in [5, 5.41) is 9.77. The van der Waals surface area contributed by atoms with Gasteiger partial charge in [-0.05, 0) is 37.8 Å². The van der Waals surface area contributed by atoms with Crippen LogP contribution in [0.15, 0.2) is 24.3 Å². The lowest BCUT2D eigenvalue weighted by atomic mass is 9.72. The highest BCUT2D eigenvalue weighted by Crippen LogP contribution is 2.52. The molecule has 0 saturated carbocycles. The number of halogens is 3. The fourth-order valence-electron chi connectivity index (χ4n) is 4.31. The van der Waals surface area contributed by atoms with Gasteiger partial charge in [-0.15, -0.1) is 0 Å². The third-order valence-electron chi connectivity index (χ3n) is 5.57. The molecule has 0 radical (unpaired) electrons. The van der Waals surface area contributed by atoms with Crippen LogP contribution in [0.1, 0.15) is 48.5 Å². The van der Waals surface area contributed by atoms with E-state index in [2.05, 4.69) is 0 Å². The van der Waals surface area contributed by atoms with Crippen molar-refractivity contribution < 1.29 is 23.1 Å². The second-order valence-corrected chi connectivity index (χ2v) is 6.58. The zero-order valence-corrected chi connectivity index (χ0v) is 12.9. The van der Waals surface area contributed by atoms with Gasteiger partial charge in [-0.25, -0.2) is 0 Å². The monoisotopic (exact) mass is 327 g/mol. The van der Waals surface area contributed by atoms with E-state index < -0.39 is 17.6 Å². The number of carbonyl (C=O) groups is 1. The molecule has 1 amide bonds. The molecule has 3 atom stereocenters. The first-order valence-corrected chi connectivity index (χ1v) is 7.94. The molecule has 2 aliphatic rings. The molecule has 0 spiro atoms. The summed E-state index contributed by atoms with van der Waals surface area (Å²) in [5.74, 6) is -0.561. The van der Waals surface area contributed by atoms with Crippen molar-refractivity contribution in [3.8, 4) is 0 Å². The molecule has 2 fully saturated rings. The third kappa shape index (κ3) is 2.43. The number of carbonyl (C=O) groups excluding carboxylic acids is 1. The van der Waals surface area contributed by atoms with Gasteiger partial charge in [-0.1, -0.05) is 19.1 Å². The van der Waals surface area contributed by atoms with E-state index in [-0.39, 0.29) is 29.7 Å². The normalized spacial score (nSPS) is 30.0. The minimum atomic E-state index is -4.55. The van der Waals surface area contributed by atoms with Crippen LogP contribution >= 0.6 is 0 Å². The zero-order chi connectivity index (χ0) is 16.8. The molecule has 6 heteroatoms. The summed E-state index contributed by atoms with van der Waals surface area (Å²) in [4.78, 5) is 14.4. The van der Waals surface area contributed by atoms with Gasteiger partial charge in [0.15, 0.2) is 0 Å². The average Bonchev–Trinajstić information content (AvgIpc) is 3.09. The highest BCUT2D eigenvalue weighted by molar-refractivity contribution is 5.96. The largest absolute Gasteiger partial charge is 0.417 e. The van der Waals surface area contributed by atoms with E-state index in [0.29, 0.717) is 6.42 Å². The fraction of sp³-hybridized carbons (Fsp3) is 0.588. The first-order chi connectivity index (χ1) is 10.8. The van der Waals surface area contributed by atoms with E-state index in [9.17, 15) is 23.1 Å². The second kappa shape index (κ2) is 5.51. The van der Waals surface area contributed by atoms with E-state index in [4.69, 9.17) is 0 Å². The quantitative estimate of drug-likeness (QED) is 0.923. The Labute approximate surface area is 133 Å². The Bertz CT molecular complexity index is 610. The number of benzene rings is 1. The van der Waals surface area contributed by atoms with Crippen molar-refractivity contribution in [2.24, 2.45) is 5.41 Å². The first-order valence-electron chi connectivity index (χ1n) is 7.94. The van der Waals surface area contributed by atoms with Crippen molar-refractivity contribution in [2.45, 2.75) is 50.9 Å². The molecule has 2 aliphatic heterocycles. The molecule has 0 unspecified atom stereocenters. The van der Waals surface area contributed by atoms with Crippen LogP contribution in [0.5, 0.6) is 0 Å². The Morgan fingerprint density at radius 1 is 1.35 bits per heavy atom. The molecule has 3 rings (SSSR count). The van der Waals surface area contributed by atoms with Gasteiger partial charge in [0, 0.05) is 17.5 Å². The number of amides is 1. The van der Waals surface area contributed by atoms with Crippen LogP contribution in [-0.4, -0.2) is 34.6 Å². The fourth-order valence-corrected chi connectivity index (χ4v) is 4.31. The van der Waals surface area contributed by atoms with Crippen molar-refractivity contribution >= 4 is 5.91 Å². The summed E-state index contributed by atoms with van der Waals surface area (Å²) in [6.07, 6.45) is -1.62. The van der Waals surface area contributed by atoms with E-state index >= 15 is 0 Å². The van der Waals surface area contributed by atoms with Crippen LogP contribution in [0.25, 0.3) is 0 Å². The molecule has 1 N–H and O–H groups in total. The Morgan fingerprint density at radius 3 is 2.61 bits per heavy atom. The van der Waals surface area contributed by atoms with Crippen molar-refractivity contribution in [1.82, 2.24) is 4.90 Å². The van der Waals surface area contributed by atoms with Crippen LogP contribution in [-0.2, 0) is 6.18 Å². The SMILES string of the molecule is CC[C@@]1(CO)C[C@@H]2CC[C@H]1N2C(=O)c1ccccc1C(F)(F)F. The van der Waals surface area contributed by atoms with Gasteiger partial charge < -0.3 is 10.0 Å². The highest BCUT2D eigenvalue weighted by Gasteiger charge is 2.56. The van der Waals surface area contributed by atoms with Crippen LogP contribution < -0.4 is 0 Å². The Balaban J connectivity index is 1.97. The number of fused-ring (bicyclic) bond motifs is 2. The standard InChI is InChI=1S/C17H20F3NO2/c1-2-16(10-22)9-11-7-8-14(16)21(11)15(23)12-5-3-4-6-13(12)17(18,19)20/h3-6,11,14,22H,2,7-10H2,1H3/t11-,14+,16-/m0/s1. The van der Waals surface area contributed by atoms with Crippen molar-refractivity contribution in [3.63, 3.8) is 0 Å². The topological polar surface area (TPSA) is 40.5 Å². The summed E-state index contributed by atoms with van der Waals surface area (Å²) < 4.78 is 39.5. The van der Waals surface area contributed by atoms with Crippen LogP contribution in [0.2, 0.25) is 0 Å². The Hall–Kier alpha value is -1.56. The number of hydrogen-bond acceptors (Lipinski definition) is 2. The molecule has 3 nitrogen and oxygen atoms in total. The van der Waals surface area contributed by atoms with Crippen LogP contribution in [0, 0.1) is 5.41 Å². The maximum Gasteiger partial charge on any atom is 0.417 e. The molecule has 126 valence electrons. The lowest BCUT2D eigenvalue weighted by Gasteiger charge is -2.35. The lowest BCUT2D eigenvalue weighted by molar-refractivity contribution is -0.138. The summed E-state index contributed by atoms with van der Waals surface area (Å²) in [7, 11) is 0. The number of nitrogens with zero attached hydrogens (tertiary/aromatic N) is 1. The van der Waals surface area contributed by atoms with Crippen LogP contribution in [0.3, 0.4) is 0 Å². The predicted octanol–water partition coefficient (Wildman–Crippen LogP) is 3.47. The molecular formula is C17H20F3NO2. The Kier molecular flexibility index (Phi) is 3.91. The van der Waals surface area contributed by atoms with E-state index in [1.165, 1.54) is 18.2 Å². The summed E-state index contributed by atoms with van der Waals surface area (Å²) >= 11 is 0. The molecule has 2 saturated heterocycles. The van der Waals surface area contributed by atoms with Gasteiger partial charge in [-0.3, -0.25) is 4.79 Å². The number of aliphatic hydroxyl groups excluding tert-OH is 1. The number of rotatable bonds is 3. The maximum atomic E-state index is 13.2. The number of alkyl halides is 3. The zero-order valence-electron chi connectivity index (χ0n) is 12.9. The predicted molar refractivity (Wildman–Crippen MR) is 78.9 cm³/mol. The van der Waals surface area contributed by atoms with Crippen molar-refractivity contribution in [2.75, 3.05) is 6.61 Å². The smallest absolute Gasteiger partial charge is 0.396 e. The number of hydrogen-bond donors (Lipinski definition) is 1. The second-order valence-electron chi connectivity index (χ2n) is 6.58. The third-order valence-corrected chi connectivity index (χ3v) is 5.57. The molecule has 2 bridgehead atoms. The van der Waals surface area contributed by atoms with Crippen molar-refractivity contribution in [1.29, 1.82) is 0 Å². The summed E-state index contributed by atoms with van der Waals surface area (Å²) in [6, 6.07) is 4.71. The summed E-state index contributed by atoms with van der Waals surface area (Å²) in [5.41, 5.74) is -1.55. The maximum absolute atomic E-state index is 13.2. The molecule has 0 aliphatic carbocycles. The first kappa shape index (κ1) is 16.3. The van der Waals surface area contributed by atoms with Crippen LogP contribution in [0.4, 0.5) is 13.2 Å². The van der Waals surface area contributed by atoms with Gasteiger partial charge in [-0.2, -0.15) is 13.2 Å². The highest BCUT2D eigenvalue weighted by atomic mass is 19.4. The lowest BCUT2D eigenvalue weighted by Crippen LogP contribution is -2.42. The van der Waals surface area contributed by atoms with E-state index in [1.54, 1.807) is 4.90 Å². The summed E-state index contributed by atoms with van der Waals surface area (Å²) in [6.45, 7) is 1.93. The van der Waals surface area contributed by atoms with Gasteiger partial charge >= 0.3 is 6.18 Å². The minimum absolute atomic E-state index is 0.0324. The van der Waals surface area contributed by atoms with Gasteiger partial charge in [0.1, 0.15) is 0 Å². The van der Waals surface area contributed by atoms with Gasteiger partial charge in [0.05, 0.1) is 17.7 Å². The van der Waals surface area contributed by atoms with Crippen molar-refractivity contribution in [3.05, 3.63) is 35.4 Å². The van der Waals surface area contributed by atoms with Gasteiger partial charge in [0.2, 0.25) is 0 Å². The molecule has 0 aromatic heterocycles. The molecule has 1 aromatic rings. The van der Waals surface area contributed by atoms with E-state index in [0.717, 1.165) is 25.3 Å². The minimum Gasteiger partial charge on any atom is -0.396 e. The van der Waals surface area contributed by atoms with E-state index in [1.807, 2.05) is 6.92 Å². The Morgan fingerprint density at radius 2 is 2.04 bits per heavy atom. The molecule has 2 heterocycles. The molecule has 1 aromatic carbocycles. The molecular weight excluding hydrogens is 307 g/mol. The average molecular weight is 327 g/mol. The molecule has 23 heavy (non-hydrogen) atoms.